The maximum absolute atomic E-state index is 13.0. The van der Waals surface area contributed by atoms with E-state index in [-0.39, 0.29) is 44.4 Å². The van der Waals surface area contributed by atoms with Crippen molar-refractivity contribution < 1.29 is 39.0 Å². The van der Waals surface area contributed by atoms with Crippen molar-refractivity contribution in [1.29, 1.82) is 0 Å². The van der Waals surface area contributed by atoms with Gasteiger partial charge in [0, 0.05) is 12.8 Å². The van der Waals surface area contributed by atoms with Gasteiger partial charge in [0.15, 0.2) is 0 Å². The second kappa shape index (κ2) is 17.2. The molecular weight excluding hydrogens is 476 g/mol. The summed E-state index contributed by atoms with van der Waals surface area (Å²) in [4.78, 5) is 71.8. The van der Waals surface area contributed by atoms with Crippen LogP contribution in [0, 0.1) is 5.92 Å². The van der Waals surface area contributed by atoms with Gasteiger partial charge < -0.3 is 43.4 Å². The Labute approximate surface area is 210 Å². The molecule has 0 aliphatic heterocycles. The zero-order valence-corrected chi connectivity index (χ0v) is 20.8. The highest BCUT2D eigenvalue weighted by Crippen LogP contribution is 2.09. The first-order valence-corrected chi connectivity index (χ1v) is 11.9. The third kappa shape index (κ3) is 14.2. The van der Waals surface area contributed by atoms with Gasteiger partial charge in [-0.15, -0.1) is 0 Å². The minimum absolute atomic E-state index is 0.0619. The summed E-state index contributed by atoms with van der Waals surface area (Å²) < 4.78 is 0. The van der Waals surface area contributed by atoms with Crippen molar-refractivity contribution in [2.75, 3.05) is 6.54 Å². The number of carbonyl (C=O) groups is 6. The molecule has 0 spiro atoms. The van der Waals surface area contributed by atoms with E-state index >= 15 is 0 Å². The number of hydrogen-bond donors (Lipinski definition) is 8. The van der Waals surface area contributed by atoms with Gasteiger partial charge in [0.25, 0.3) is 0 Å². The third-order valence-corrected chi connectivity index (χ3v) is 5.22. The molecule has 206 valence electrons. The largest absolute Gasteiger partial charge is 0.481 e. The van der Waals surface area contributed by atoms with Gasteiger partial charge in [-0.1, -0.05) is 13.8 Å². The molecule has 0 radical (unpaired) electrons. The van der Waals surface area contributed by atoms with Gasteiger partial charge in [0.05, 0.1) is 6.04 Å². The van der Waals surface area contributed by atoms with Crippen LogP contribution < -0.4 is 33.2 Å². The molecule has 0 bridgehead atoms. The maximum Gasteiger partial charge on any atom is 0.326 e. The lowest BCUT2D eigenvalue weighted by Crippen LogP contribution is -2.57. The summed E-state index contributed by atoms with van der Waals surface area (Å²) in [5, 5.41) is 25.5. The number of amides is 4. The van der Waals surface area contributed by atoms with Crippen molar-refractivity contribution in [3.8, 4) is 0 Å². The topological polar surface area (TPSA) is 257 Å². The third-order valence-electron chi connectivity index (χ3n) is 5.22. The predicted molar refractivity (Wildman–Crippen MR) is 129 cm³/mol. The van der Waals surface area contributed by atoms with Crippen LogP contribution in [0.1, 0.15) is 65.2 Å². The second-order valence-corrected chi connectivity index (χ2v) is 8.98. The molecule has 0 aromatic carbocycles. The minimum atomic E-state index is -1.30. The number of hydrogen-bond acceptors (Lipinski definition) is 8. The number of rotatable bonds is 19. The summed E-state index contributed by atoms with van der Waals surface area (Å²) >= 11 is 0. The van der Waals surface area contributed by atoms with Gasteiger partial charge in [-0.05, 0) is 51.0 Å². The molecule has 0 aliphatic rings. The number of carbonyl (C=O) groups excluding carboxylic acids is 4. The van der Waals surface area contributed by atoms with E-state index in [1.807, 2.05) is 0 Å². The zero-order chi connectivity index (χ0) is 27.8. The molecule has 14 heteroatoms. The molecule has 0 heterocycles. The quantitative estimate of drug-likeness (QED) is 0.0889. The van der Waals surface area contributed by atoms with Crippen LogP contribution in [0.3, 0.4) is 0 Å². The van der Waals surface area contributed by atoms with Crippen LogP contribution in [0.2, 0.25) is 0 Å². The van der Waals surface area contributed by atoms with Crippen molar-refractivity contribution in [3.63, 3.8) is 0 Å². The lowest BCUT2D eigenvalue weighted by molar-refractivity contribution is -0.142. The van der Waals surface area contributed by atoms with Gasteiger partial charge in [0.1, 0.15) is 18.1 Å². The Bertz CT molecular complexity index is 776. The standard InChI is InChI=1S/C22H40N6O8/c1-12(2)11-16(28-19(32)13(24)6-9-18(30)31)21(34)26-14(7-8-17(25)29)20(33)27-15(22(35)36)5-3-4-10-23/h12-16H,3-11,23-24H2,1-2H3,(H2,25,29)(H,26,34)(H,27,33)(H,28,32)(H,30,31)(H,35,36). The van der Waals surface area contributed by atoms with Crippen molar-refractivity contribution in [1.82, 2.24) is 16.0 Å². The monoisotopic (exact) mass is 516 g/mol. The molecule has 0 fully saturated rings. The highest BCUT2D eigenvalue weighted by atomic mass is 16.4. The maximum atomic E-state index is 13.0. The number of unbranched alkanes of at least 4 members (excludes halogenated alkanes) is 1. The van der Waals surface area contributed by atoms with Gasteiger partial charge in [0.2, 0.25) is 23.6 Å². The lowest BCUT2D eigenvalue weighted by Gasteiger charge is -2.26. The first-order chi connectivity index (χ1) is 16.8. The van der Waals surface area contributed by atoms with Crippen molar-refractivity contribution in [2.45, 2.75) is 89.4 Å². The Kier molecular flexibility index (Phi) is 15.7. The van der Waals surface area contributed by atoms with Crippen LogP contribution in [0.25, 0.3) is 0 Å². The molecule has 0 aromatic heterocycles. The van der Waals surface area contributed by atoms with E-state index < -0.39 is 59.7 Å². The molecule has 36 heavy (non-hydrogen) atoms. The van der Waals surface area contributed by atoms with Gasteiger partial charge in [-0.3, -0.25) is 24.0 Å². The molecule has 0 saturated heterocycles. The summed E-state index contributed by atoms with van der Waals surface area (Å²) in [6.07, 6.45) is 0.387. The molecule has 0 aromatic rings. The number of aliphatic carboxylic acids is 2. The molecule has 11 N–H and O–H groups in total. The van der Waals surface area contributed by atoms with Crippen LogP contribution in [-0.2, 0) is 28.8 Å². The highest BCUT2D eigenvalue weighted by Gasteiger charge is 2.30. The second-order valence-electron chi connectivity index (χ2n) is 8.98. The van der Waals surface area contributed by atoms with E-state index in [4.69, 9.17) is 22.3 Å². The average Bonchev–Trinajstić information content (AvgIpc) is 2.78. The summed E-state index contributed by atoms with van der Waals surface area (Å²) in [6, 6.07) is -4.80. The van der Waals surface area contributed by atoms with E-state index in [0.717, 1.165) is 0 Å². The minimum Gasteiger partial charge on any atom is -0.481 e. The molecule has 0 saturated carbocycles. The van der Waals surface area contributed by atoms with Crippen molar-refractivity contribution in [2.24, 2.45) is 23.1 Å². The lowest BCUT2D eigenvalue weighted by atomic mass is 10.0. The molecular formula is C22H40N6O8. The first kappa shape index (κ1) is 32.7. The van der Waals surface area contributed by atoms with Crippen LogP contribution in [0.4, 0.5) is 0 Å². The Morgan fingerprint density at radius 2 is 1.31 bits per heavy atom. The van der Waals surface area contributed by atoms with E-state index in [1.54, 1.807) is 13.8 Å². The molecule has 0 aliphatic carbocycles. The van der Waals surface area contributed by atoms with E-state index in [9.17, 15) is 33.9 Å². The van der Waals surface area contributed by atoms with Gasteiger partial charge in [-0.2, -0.15) is 0 Å². The molecule has 4 amide bonds. The van der Waals surface area contributed by atoms with Gasteiger partial charge >= 0.3 is 11.9 Å². The van der Waals surface area contributed by atoms with Crippen LogP contribution in [-0.4, -0.2) is 76.5 Å². The fourth-order valence-electron chi connectivity index (χ4n) is 3.24. The van der Waals surface area contributed by atoms with Crippen molar-refractivity contribution in [3.05, 3.63) is 0 Å². The Morgan fingerprint density at radius 1 is 0.750 bits per heavy atom. The molecule has 0 rings (SSSR count). The van der Waals surface area contributed by atoms with Crippen LogP contribution >= 0.6 is 0 Å². The Hall–Kier alpha value is -3.26. The first-order valence-electron chi connectivity index (χ1n) is 11.9. The van der Waals surface area contributed by atoms with E-state index in [1.165, 1.54) is 0 Å². The Balaban J connectivity index is 5.52. The summed E-state index contributed by atoms with van der Waals surface area (Å²) in [5.41, 5.74) is 16.3. The smallest absolute Gasteiger partial charge is 0.326 e. The fourth-order valence-corrected chi connectivity index (χ4v) is 3.24. The highest BCUT2D eigenvalue weighted by molar-refractivity contribution is 5.94. The number of primary amides is 1. The molecule has 4 atom stereocenters. The molecule has 4 unspecified atom stereocenters. The number of nitrogens with one attached hydrogen (secondary N) is 3. The number of carboxylic acids is 2. The number of carboxylic acid groups (broad SMARTS) is 2. The number of nitrogens with two attached hydrogens (primary N) is 3. The SMILES string of the molecule is CC(C)CC(NC(=O)C(N)CCC(=O)O)C(=O)NC(CCC(N)=O)C(=O)NC(CCCCN)C(=O)O. The summed E-state index contributed by atoms with van der Waals surface area (Å²) in [7, 11) is 0. The summed E-state index contributed by atoms with van der Waals surface area (Å²) in [5.74, 6) is -5.48. The van der Waals surface area contributed by atoms with Gasteiger partial charge in [-0.25, -0.2) is 4.79 Å². The van der Waals surface area contributed by atoms with Crippen LogP contribution in [0.15, 0.2) is 0 Å². The van der Waals surface area contributed by atoms with E-state index in [2.05, 4.69) is 16.0 Å². The van der Waals surface area contributed by atoms with Crippen molar-refractivity contribution >= 4 is 35.6 Å². The predicted octanol–water partition coefficient (Wildman–Crippen LogP) is -1.84. The molecule has 14 nitrogen and oxygen atoms in total. The average molecular weight is 517 g/mol. The normalized spacial score (nSPS) is 14.2. The zero-order valence-electron chi connectivity index (χ0n) is 20.8. The van der Waals surface area contributed by atoms with E-state index in [0.29, 0.717) is 19.4 Å². The fraction of sp³-hybridized carbons (Fsp3) is 0.727. The van der Waals surface area contributed by atoms with Crippen LogP contribution in [0.5, 0.6) is 0 Å². The Morgan fingerprint density at radius 3 is 1.81 bits per heavy atom. The summed E-state index contributed by atoms with van der Waals surface area (Å²) in [6.45, 7) is 3.96.